The van der Waals surface area contributed by atoms with Crippen LogP contribution in [0.5, 0.6) is 0 Å². The van der Waals surface area contributed by atoms with Gasteiger partial charge in [0.1, 0.15) is 0 Å². The van der Waals surface area contributed by atoms with Crippen LogP contribution >= 0.6 is 0 Å². The van der Waals surface area contributed by atoms with Crippen molar-refractivity contribution in [3.05, 3.63) is 0 Å². The molecule has 0 unspecified atom stereocenters. The van der Waals surface area contributed by atoms with E-state index in [9.17, 15) is 4.79 Å². The lowest BCUT2D eigenvalue weighted by Gasteiger charge is -2.28. The normalized spacial score (nSPS) is 13.7. The first-order chi connectivity index (χ1) is 6.78. The molecule has 3 heteroatoms. The first-order valence-corrected chi connectivity index (χ1v) is 5.78. The molecule has 0 aromatic carbocycles. The monoisotopic (exact) mass is 214 g/mol. The van der Waals surface area contributed by atoms with E-state index in [1.165, 1.54) is 0 Å². The predicted octanol–water partition coefficient (Wildman–Crippen LogP) is 2.01. The Labute approximate surface area is 94.0 Å². The van der Waals surface area contributed by atoms with Gasteiger partial charge in [0, 0.05) is 13.6 Å². The van der Waals surface area contributed by atoms with Gasteiger partial charge in [0.15, 0.2) is 0 Å². The Morgan fingerprint density at radius 2 is 1.93 bits per heavy atom. The molecule has 0 aromatic rings. The molecule has 0 spiro atoms. The van der Waals surface area contributed by atoms with E-state index in [1.807, 2.05) is 7.05 Å². The van der Waals surface area contributed by atoms with Gasteiger partial charge in [-0.05, 0) is 11.8 Å². The number of amides is 1. The Morgan fingerprint density at radius 1 is 1.40 bits per heavy atom. The molecular weight excluding hydrogens is 188 g/mol. The van der Waals surface area contributed by atoms with E-state index >= 15 is 0 Å². The van der Waals surface area contributed by atoms with Gasteiger partial charge in [-0.1, -0.05) is 40.5 Å². The molecule has 0 aliphatic carbocycles. The fourth-order valence-corrected chi connectivity index (χ4v) is 1.62. The summed E-state index contributed by atoms with van der Waals surface area (Å²) in [5, 5.41) is 0. The van der Waals surface area contributed by atoms with Crippen LogP contribution in [0.3, 0.4) is 0 Å². The van der Waals surface area contributed by atoms with Gasteiger partial charge < -0.3 is 10.6 Å². The minimum Gasteiger partial charge on any atom is -0.344 e. The zero-order valence-corrected chi connectivity index (χ0v) is 10.8. The Hall–Kier alpha value is -0.570. The van der Waals surface area contributed by atoms with Gasteiger partial charge in [-0.3, -0.25) is 4.79 Å². The summed E-state index contributed by atoms with van der Waals surface area (Å²) in [7, 11) is 1.83. The fourth-order valence-electron chi connectivity index (χ4n) is 1.62. The number of unbranched alkanes of at least 4 members (excludes halogenated alkanes) is 1. The summed E-state index contributed by atoms with van der Waals surface area (Å²) in [5.74, 6) is 0.0679. The number of hydrogen-bond acceptors (Lipinski definition) is 2. The number of rotatable bonds is 5. The highest BCUT2D eigenvalue weighted by Crippen LogP contribution is 2.15. The zero-order chi connectivity index (χ0) is 12.1. The summed E-state index contributed by atoms with van der Waals surface area (Å²) in [5.41, 5.74) is 5.97. The van der Waals surface area contributed by atoms with Crippen molar-refractivity contribution in [2.75, 3.05) is 13.6 Å². The molecule has 0 aliphatic heterocycles. The summed E-state index contributed by atoms with van der Waals surface area (Å²) in [4.78, 5) is 13.6. The Morgan fingerprint density at radius 3 is 2.33 bits per heavy atom. The standard InChI is InChI=1S/C12H26N2O/c1-6-7-8-10(13)11(15)14(5)9-12(2,3)4/h10H,6-9,13H2,1-5H3/t10-/m0/s1. The molecule has 15 heavy (non-hydrogen) atoms. The molecule has 0 fully saturated rings. The van der Waals surface area contributed by atoms with Crippen LogP contribution in [0.2, 0.25) is 0 Å². The number of likely N-dealkylation sites (N-methyl/N-ethyl adjacent to an activating group) is 1. The van der Waals surface area contributed by atoms with Gasteiger partial charge in [0.2, 0.25) is 5.91 Å². The molecule has 2 N–H and O–H groups in total. The summed E-state index contributed by atoms with van der Waals surface area (Å²) in [6.45, 7) is 9.22. The largest absolute Gasteiger partial charge is 0.344 e. The molecule has 3 nitrogen and oxygen atoms in total. The Balaban J connectivity index is 4.08. The number of carbonyl (C=O) groups is 1. The van der Waals surface area contributed by atoms with Crippen molar-refractivity contribution in [2.45, 2.75) is 53.0 Å². The van der Waals surface area contributed by atoms with Crippen molar-refractivity contribution < 1.29 is 4.79 Å². The number of hydrogen-bond donors (Lipinski definition) is 1. The number of nitrogens with two attached hydrogens (primary N) is 1. The summed E-state index contributed by atoms with van der Waals surface area (Å²) in [6, 6.07) is -0.322. The van der Waals surface area contributed by atoms with E-state index in [1.54, 1.807) is 4.90 Å². The number of carbonyl (C=O) groups excluding carboxylic acids is 1. The maximum absolute atomic E-state index is 11.8. The van der Waals surface area contributed by atoms with Gasteiger partial charge in [0.05, 0.1) is 6.04 Å². The molecule has 0 aliphatic rings. The highest BCUT2D eigenvalue weighted by molar-refractivity contribution is 5.81. The third-order valence-electron chi connectivity index (χ3n) is 2.27. The van der Waals surface area contributed by atoms with Gasteiger partial charge in [-0.2, -0.15) is 0 Å². The van der Waals surface area contributed by atoms with Gasteiger partial charge in [0.25, 0.3) is 0 Å². The predicted molar refractivity (Wildman–Crippen MR) is 64.6 cm³/mol. The van der Waals surface area contributed by atoms with Crippen LogP contribution in [0.1, 0.15) is 47.0 Å². The maximum Gasteiger partial charge on any atom is 0.239 e. The van der Waals surface area contributed by atoms with Gasteiger partial charge >= 0.3 is 0 Å². The number of nitrogens with zero attached hydrogens (tertiary/aromatic N) is 1. The van der Waals surface area contributed by atoms with Crippen LogP contribution in [0, 0.1) is 5.41 Å². The summed E-state index contributed by atoms with van der Waals surface area (Å²) < 4.78 is 0. The third-order valence-corrected chi connectivity index (χ3v) is 2.27. The van der Waals surface area contributed by atoms with E-state index in [2.05, 4.69) is 27.7 Å². The highest BCUT2D eigenvalue weighted by Gasteiger charge is 2.21. The molecular formula is C12H26N2O. The van der Waals surface area contributed by atoms with Crippen LogP contribution in [-0.4, -0.2) is 30.4 Å². The van der Waals surface area contributed by atoms with Crippen molar-refractivity contribution >= 4 is 5.91 Å². The second-order valence-corrected chi connectivity index (χ2v) is 5.50. The van der Waals surface area contributed by atoms with E-state index in [0.717, 1.165) is 25.8 Å². The summed E-state index contributed by atoms with van der Waals surface area (Å²) in [6.07, 6.45) is 2.91. The molecule has 0 aromatic heterocycles. The van der Waals surface area contributed by atoms with Crippen LogP contribution in [0.4, 0.5) is 0 Å². The second-order valence-electron chi connectivity index (χ2n) is 5.50. The van der Waals surface area contributed by atoms with Crippen molar-refractivity contribution in [1.82, 2.24) is 4.90 Å². The van der Waals surface area contributed by atoms with Crippen LogP contribution in [0.25, 0.3) is 0 Å². The Kier molecular flexibility index (Phi) is 5.88. The van der Waals surface area contributed by atoms with Gasteiger partial charge in [-0.25, -0.2) is 0 Å². The lowest BCUT2D eigenvalue weighted by atomic mass is 9.96. The molecule has 1 atom stereocenters. The lowest BCUT2D eigenvalue weighted by molar-refractivity contribution is -0.132. The molecule has 0 heterocycles. The van der Waals surface area contributed by atoms with E-state index in [0.29, 0.717) is 0 Å². The lowest BCUT2D eigenvalue weighted by Crippen LogP contribution is -2.44. The molecule has 0 rings (SSSR count). The van der Waals surface area contributed by atoms with E-state index < -0.39 is 0 Å². The van der Waals surface area contributed by atoms with E-state index in [4.69, 9.17) is 5.73 Å². The van der Waals surface area contributed by atoms with Crippen LogP contribution in [-0.2, 0) is 4.79 Å². The first kappa shape index (κ1) is 14.4. The minimum atomic E-state index is -0.322. The SMILES string of the molecule is CCCC[C@H](N)C(=O)N(C)CC(C)(C)C. The topological polar surface area (TPSA) is 46.3 Å². The van der Waals surface area contributed by atoms with E-state index in [-0.39, 0.29) is 17.4 Å². The smallest absolute Gasteiger partial charge is 0.239 e. The third kappa shape index (κ3) is 6.50. The van der Waals surface area contributed by atoms with Crippen LogP contribution < -0.4 is 5.73 Å². The first-order valence-electron chi connectivity index (χ1n) is 5.78. The van der Waals surface area contributed by atoms with Crippen molar-refractivity contribution in [3.63, 3.8) is 0 Å². The average Bonchev–Trinajstić information content (AvgIpc) is 2.10. The highest BCUT2D eigenvalue weighted by atomic mass is 16.2. The van der Waals surface area contributed by atoms with Crippen LogP contribution in [0.15, 0.2) is 0 Å². The summed E-state index contributed by atoms with van der Waals surface area (Å²) >= 11 is 0. The zero-order valence-electron chi connectivity index (χ0n) is 10.8. The molecule has 90 valence electrons. The van der Waals surface area contributed by atoms with Crippen molar-refractivity contribution in [1.29, 1.82) is 0 Å². The Bertz CT molecular complexity index is 196. The second kappa shape index (κ2) is 6.11. The minimum absolute atomic E-state index is 0.0679. The quantitative estimate of drug-likeness (QED) is 0.761. The fraction of sp³-hybridized carbons (Fsp3) is 0.917. The molecule has 0 saturated heterocycles. The van der Waals surface area contributed by atoms with Gasteiger partial charge in [-0.15, -0.1) is 0 Å². The average molecular weight is 214 g/mol. The molecule has 0 saturated carbocycles. The van der Waals surface area contributed by atoms with Crippen molar-refractivity contribution in [2.24, 2.45) is 11.1 Å². The molecule has 0 bridgehead atoms. The molecule has 1 amide bonds. The van der Waals surface area contributed by atoms with Crippen molar-refractivity contribution in [3.8, 4) is 0 Å². The maximum atomic E-state index is 11.8. The molecule has 0 radical (unpaired) electrons.